The third-order valence-electron chi connectivity index (χ3n) is 1.48. The zero-order chi connectivity index (χ0) is 9.84. The van der Waals surface area contributed by atoms with Gasteiger partial charge in [0.25, 0.3) is 0 Å². The second-order valence-corrected chi connectivity index (χ2v) is 3.46. The molecule has 0 atom stereocenters. The Kier molecular flexibility index (Phi) is 3.35. The van der Waals surface area contributed by atoms with E-state index in [0.717, 1.165) is 0 Å². The van der Waals surface area contributed by atoms with Gasteiger partial charge in [-0.1, -0.05) is 5.16 Å². The molecule has 0 aliphatic heterocycles. The van der Waals surface area contributed by atoms with E-state index in [2.05, 4.69) is 5.16 Å². The molecule has 13 heavy (non-hydrogen) atoms. The van der Waals surface area contributed by atoms with Crippen LogP contribution in [0.3, 0.4) is 0 Å². The molecule has 0 amide bonds. The average molecular weight is 293 g/mol. The molecule has 5 heteroatoms. The Labute approximate surface area is 89.0 Å². The summed E-state index contributed by atoms with van der Waals surface area (Å²) in [6.45, 7) is 0. The maximum atomic E-state index is 9.45. The van der Waals surface area contributed by atoms with Crippen LogP contribution < -0.4 is 4.74 Å². The summed E-state index contributed by atoms with van der Waals surface area (Å²) in [7, 11) is 1.46. The van der Waals surface area contributed by atoms with Gasteiger partial charge in [0.1, 0.15) is 0 Å². The molecule has 1 aromatic carbocycles. The molecule has 0 aromatic heterocycles. The van der Waals surface area contributed by atoms with Crippen molar-refractivity contribution < 1.29 is 15.1 Å². The molecule has 0 aliphatic rings. The van der Waals surface area contributed by atoms with Crippen LogP contribution in [0, 0.1) is 3.57 Å². The first-order chi connectivity index (χ1) is 6.19. The molecular formula is C8H8INO3. The van der Waals surface area contributed by atoms with E-state index in [0.29, 0.717) is 14.9 Å². The second kappa shape index (κ2) is 4.31. The zero-order valence-electron chi connectivity index (χ0n) is 6.86. The van der Waals surface area contributed by atoms with Gasteiger partial charge in [0.05, 0.1) is 16.9 Å². The monoisotopic (exact) mass is 293 g/mol. The van der Waals surface area contributed by atoms with E-state index in [9.17, 15) is 5.11 Å². The molecule has 0 fully saturated rings. The molecule has 0 unspecified atom stereocenters. The van der Waals surface area contributed by atoms with Crippen LogP contribution in [-0.4, -0.2) is 23.6 Å². The van der Waals surface area contributed by atoms with E-state index in [-0.39, 0.29) is 5.75 Å². The number of ether oxygens (including phenoxy) is 1. The quantitative estimate of drug-likeness (QED) is 0.378. The molecule has 0 heterocycles. The minimum Gasteiger partial charge on any atom is -0.504 e. The van der Waals surface area contributed by atoms with Gasteiger partial charge in [-0.15, -0.1) is 0 Å². The highest BCUT2D eigenvalue weighted by Crippen LogP contribution is 2.31. The van der Waals surface area contributed by atoms with Crippen molar-refractivity contribution in [2.45, 2.75) is 0 Å². The average Bonchev–Trinajstić information content (AvgIpc) is 2.11. The molecule has 0 radical (unpaired) electrons. The summed E-state index contributed by atoms with van der Waals surface area (Å²) in [6.07, 6.45) is 1.27. The van der Waals surface area contributed by atoms with Crippen LogP contribution in [0.15, 0.2) is 17.3 Å². The fourth-order valence-corrected chi connectivity index (χ4v) is 1.52. The number of hydrogen-bond acceptors (Lipinski definition) is 4. The summed E-state index contributed by atoms with van der Waals surface area (Å²) in [5.41, 5.74) is 0.668. The lowest BCUT2D eigenvalue weighted by Gasteiger charge is -2.05. The van der Waals surface area contributed by atoms with E-state index in [1.165, 1.54) is 13.3 Å². The van der Waals surface area contributed by atoms with Crippen LogP contribution in [0.1, 0.15) is 5.56 Å². The van der Waals surface area contributed by atoms with Crippen molar-refractivity contribution in [2.24, 2.45) is 5.16 Å². The Morgan fingerprint density at radius 1 is 1.54 bits per heavy atom. The first kappa shape index (κ1) is 10.1. The van der Waals surface area contributed by atoms with Crippen molar-refractivity contribution in [3.63, 3.8) is 0 Å². The Morgan fingerprint density at radius 2 is 2.23 bits per heavy atom. The number of phenolic OH excluding ortho intramolecular Hbond substituents is 1. The number of benzene rings is 1. The molecular weight excluding hydrogens is 285 g/mol. The molecule has 0 saturated carbocycles. The van der Waals surface area contributed by atoms with Crippen LogP contribution in [0.5, 0.6) is 11.5 Å². The number of oxime groups is 1. The third kappa shape index (κ3) is 2.24. The van der Waals surface area contributed by atoms with Gasteiger partial charge in [0.2, 0.25) is 0 Å². The predicted molar refractivity (Wildman–Crippen MR) is 56.8 cm³/mol. The highest BCUT2D eigenvalue weighted by molar-refractivity contribution is 14.1. The van der Waals surface area contributed by atoms with E-state index in [1.54, 1.807) is 12.1 Å². The maximum absolute atomic E-state index is 9.45. The van der Waals surface area contributed by atoms with E-state index in [1.807, 2.05) is 22.6 Å². The van der Waals surface area contributed by atoms with Gasteiger partial charge in [-0.05, 0) is 34.7 Å². The SMILES string of the molecule is COc1cc(C=NO)cc(I)c1O. The molecule has 70 valence electrons. The smallest absolute Gasteiger partial charge is 0.171 e. The van der Waals surface area contributed by atoms with Gasteiger partial charge < -0.3 is 15.1 Å². The number of nitrogens with zero attached hydrogens (tertiary/aromatic N) is 1. The predicted octanol–water partition coefficient (Wildman–Crippen LogP) is 1.81. The number of aromatic hydroxyl groups is 1. The summed E-state index contributed by atoms with van der Waals surface area (Å²) in [4.78, 5) is 0. The molecule has 0 spiro atoms. The Balaban J connectivity index is 3.21. The van der Waals surface area contributed by atoms with Gasteiger partial charge in [-0.3, -0.25) is 0 Å². The lowest BCUT2D eigenvalue weighted by Crippen LogP contribution is -1.89. The molecule has 0 bridgehead atoms. The number of phenols is 1. The Bertz CT molecular complexity index is 338. The number of methoxy groups -OCH3 is 1. The molecule has 0 aliphatic carbocycles. The Morgan fingerprint density at radius 3 is 2.77 bits per heavy atom. The minimum atomic E-state index is 0.0955. The zero-order valence-corrected chi connectivity index (χ0v) is 9.02. The summed E-state index contributed by atoms with van der Waals surface area (Å²) in [5.74, 6) is 0.458. The van der Waals surface area contributed by atoms with Gasteiger partial charge in [0, 0.05) is 5.56 Å². The van der Waals surface area contributed by atoms with Crippen LogP contribution >= 0.6 is 22.6 Å². The fraction of sp³-hybridized carbons (Fsp3) is 0.125. The van der Waals surface area contributed by atoms with Crippen molar-refractivity contribution in [3.05, 3.63) is 21.3 Å². The van der Waals surface area contributed by atoms with Gasteiger partial charge >= 0.3 is 0 Å². The summed E-state index contributed by atoms with van der Waals surface area (Å²) >= 11 is 1.97. The van der Waals surface area contributed by atoms with E-state index < -0.39 is 0 Å². The van der Waals surface area contributed by atoms with Crippen molar-refractivity contribution in [2.75, 3.05) is 7.11 Å². The third-order valence-corrected chi connectivity index (χ3v) is 2.30. The number of halogens is 1. The van der Waals surface area contributed by atoms with Crippen molar-refractivity contribution in [1.82, 2.24) is 0 Å². The van der Waals surface area contributed by atoms with E-state index >= 15 is 0 Å². The number of rotatable bonds is 2. The molecule has 2 N–H and O–H groups in total. The topological polar surface area (TPSA) is 62.0 Å². The van der Waals surface area contributed by atoms with Crippen molar-refractivity contribution >= 4 is 28.8 Å². The van der Waals surface area contributed by atoms with Crippen molar-refractivity contribution in [1.29, 1.82) is 0 Å². The molecule has 0 saturated heterocycles. The van der Waals surface area contributed by atoms with Crippen molar-refractivity contribution in [3.8, 4) is 11.5 Å². The normalized spacial score (nSPS) is 10.6. The van der Waals surface area contributed by atoms with Gasteiger partial charge in [-0.25, -0.2) is 0 Å². The van der Waals surface area contributed by atoms with Gasteiger partial charge in [0.15, 0.2) is 11.5 Å². The Hall–Kier alpha value is -0.980. The molecule has 1 aromatic rings. The lowest BCUT2D eigenvalue weighted by atomic mass is 10.2. The number of hydrogen-bond donors (Lipinski definition) is 2. The first-order valence-electron chi connectivity index (χ1n) is 3.43. The maximum Gasteiger partial charge on any atom is 0.171 e. The largest absolute Gasteiger partial charge is 0.504 e. The van der Waals surface area contributed by atoms with Crippen LogP contribution in [0.4, 0.5) is 0 Å². The fourth-order valence-electron chi connectivity index (χ4n) is 0.891. The summed E-state index contributed by atoms with van der Waals surface area (Å²) < 4.78 is 5.56. The van der Waals surface area contributed by atoms with E-state index in [4.69, 9.17) is 9.94 Å². The second-order valence-electron chi connectivity index (χ2n) is 2.30. The highest BCUT2D eigenvalue weighted by atomic mass is 127. The summed E-state index contributed by atoms with van der Waals surface area (Å²) in [5, 5.41) is 20.6. The molecule has 4 nitrogen and oxygen atoms in total. The highest BCUT2D eigenvalue weighted by Gasteiger charge is 2.06. The molecule has 1 rings (SSSR count). The van der Waals surface area contributed by atoms with Gasteiger partial charge in [-0.2, -0.15) is 0 Å². The minimum absolute atomic E-state index is 0.0955. The van der Waals surface area contributed by atoms with Crippen LogP contribution in [0.2, 0.25) is 0 Å². The van der Waals surface area contributed by atoms with Crippen LogP contribution in [0.25, 0.3) is 0 Å². The lowest BCUT2D eigenvalue weighted by molar-refractivity contribution is 0.321. The standard InChI is InChI=1S/C8H8INO3/c1-13-7-3-5(4-10-12)2-6(9)8(7)11/h2-4,11-12H,1H3. The summed E-state index contributed by atoms with van der Waals surface area (Å²) in [6, 6.07) is 3.26. The first-order valence-corrected chi connectivity index (χ1v) is 4.51. The van der Waals surface area contributed by atoms with Crippen LogP contribution in [-0.2, 0) is 0 Å².